The van der Waals surface area contributed by atoms with E-state index in [-0.39, 0.29) is 34.5 Å². The van der Waals surface area contributed by atoms with E-state index in [9.17, 15) is 30.6 Å². The molecule has 68 heavy (non-hydrogen) atoms. The molecule has 0 heterocycles. The highest BCUT2D eigenvalue weighted by atomic mass is 16.3. The third-order valence-electron chi connectivity index (χ3n) is 14.8. The monoisotopic (exact) mass is 894 g/mol. The van der Waals surface area contributed by atoms with E-state index in [1.807, 2.05) is 72.8 Å². The highest BCUT2D eigenvalue weighted by Crippen LogP contribution is 2.47. The van der Waals surface area contributed by atoms with Gasteiger partial charge in [-0.05, 0) is 167 Å². The molecule has 338 valence electrons. The molecule has 0 atom stereocenters. The average molecular weight is 895 g/mol. The first-order valence-electron chi connectivity index (χ1n) is 22.7. The molecule has 6 heteroatoms. The van der Waals surface area contributed by atoms with Crippen molar-refractivity contribution in [1.29, 1.82) is 0 Å². The van der Waals surface area contributed by atoms with E-state index in [0.29, 0.717) is 0 Å². The van der Waals surface area contributed by atoms with Crippen molar-refractivity contribution in [3.63, 3.8) is 0 Å². The van der Waals surface area contributed by atoms with Gasteiger partial charge in [0, 0.05) is 21.7 Å². The number of phenols is 6. The van der Waals surface area contributed by atoms with Crippen molar-refractivity contribution < 1.29 is 30.6 Å². The Labute approximate surface area is 398 Å². The summed E-state index contributed by atoms with van der Waals surface area (Å²) in [6.07, 6.45) is 0. The van der Waals surface area contributed by atoms with Crippen LogP contribution in [0.2, 0.25) is 0 Å². The van der Waals surface area contributed by atoms with Crippen LogP contribution in [-0.4, -0.2) is 30.6 Å². The van der Waals surface area contributed by atoms with Crippen LogP contribution in [0.25, 0.3) is 0 Å². The zero-order chi connectivity index (χ0) is 47.8. The molecule has 9 aromatic carbocycles. The number of aromatic hydroxyl groups is 6. The van der Waals surface area contributed by atoms with E-state index in [0.717, 1.165) is 66.8 Å². The highest BCUT2D eigenvalue weighted by Gasteiger charge is 2.38. The lowest BCUT2D eigenvalue weighted by Gasteiger charge is -2.36. The molecular weight excluding hydrogens is 841 g/mol. The summed E-state index contributed by atoms with van der Waals surface area (Å²) in [5, 5.41) is 61.6. The molecule has 0 aliphatic carbocycles. The van der Waals surface area contributed by atoms with E-state index in [2.05, 4.69) is 100 Å². The van der Waals surface area contributed by atoms with Gasteiger partial charge in [-0.25, -0.2) is 0 Å². The second-order valence-electron chi connectivity index (χ2n) is 18.5. The number of phenolic OH excluding ortho intramolecular Hbond substituents is 6. The van der Waals surface area contributed by atoms with E-state index < -0.39 is 21.7 Å². The maximum Gasteiger partial charge on any atom is 0.115 e. The summed E-state index contributed by atoms with van der Waals surface area (Å²) in [5.74, 6) is 1.10. The summed E-state index contributed by atoms with van der Waals surface area (Å²) < 4.78 is 0. The van der Waals surface area contributed by atoms with Gasteiger partial charge in [0.05, 0.1) is 0 Å². The van der Waals surface area contributed by atoms with E-state index in [1.165, 1.54) is 0 Å². The Kier molecular flexibility index (Phi) is 11.6. The van der Waals surface area contributed by atoms with E-state index in [1.54, 1.807) is 72.8 Å². The first kappa shape index (κ1) is 45.0. The Morgan fingerprint density at radius 1 is 0.162 bits per heavy atom. The van der Waals surface area contributed by atoms with Crippen molar-refractivity contribution >= 4 is 0 Å². The van der Waals surface area contributed by atoms with Crippen LogP contribution >= 0.6 is 0 Å². The fourth-order valence-corrected chi connectivity index (χ4v) is 10.2. The third-order valence-corrected chi connectivity index (χ3v) is 14.8. The molecule has 0 radical (unpaired) electrons. The topological polar surface area (TPSA) is 121 Å². The standard InChI is InChI=1S/C62H54O6/c1-59(41-5-11-44(12-6-41)60(2,47-17-29-53(63)30-18-47)48-19-31-54(64)32-20-48,42-7-13-45(14-8-42)61(3,49-21-33-55(65)34-22-49)50-23-35-56(66)36-24-50)43-9-15-46(16-10-43)62(4,51-25-37-57(67)38-26-51)52-27-39-58(68)40-28-52/h5-40,63-68H,1-4H3. The van der Waals surface area contributed by atoms with Crippen LogP contribution in [0.1, 0.15) is 94.5 Å². The first-order valence-corrected chi connectivity index (χ1v) is 22.7. The average Bonchev–Trinajstić information content (AvgIpc) is 3.37. The molecule has 0 saturated carbocycles. The van der Waals surface area contributed by atoms with Gasteiger partial charge in [-0.2, -0.15) is 0 Å². The minimum atomic E-state index is -0.690. The predicted octanol–water partition coefficient (Wildman–Crippen LogP) is 13.3. The van der Waals surface area contributed by atoms with Gasteiger partial charge in [0.25, 0.3) is 0 Å². The second kappa shape index (κ2) is 17.5. The van der Waals surface area contributed by atoms with Gasteiger partial charge in [0.15, 0.2) is 0 Å². The second-order valence-corrected chi connectivity index (χ2v) is 18.5. The minimum absolute atomic E-state index is 0.183. The van der Waals surface area contributed by atoms with Crippen LogP contribution < -0.4 is 0 Å². The summed E-state index contributed by atoms with van der Waals surface area (Å²) in [6.45, 7) is 8.74. The molecule has 9 rings (SSSR count). The summed E-state index contributed by atoms with van der Waals surface area (Å²) >= 11 is 0. The predicted molar refractivity (Wildman–Crippen MR) is 270 cm³/mol. The molecule has 9 aromatic rings. The molecule has 0 spiro atoms. The Morgan fingerprint density at radius 3 is 0.324 bits per heavy atom. The smallest absolute Gasteiger partial charge is 0.115 e. The zero-order valence-electron chi connectivity index (χ0n) is 38.5. The molecule has 0 bridgehead atoms. The molecule has 0 aliphatic heterocycles. The lowest BCUT2D eigenvalue weighted by molar-refractivity contribution is 0.473. The molecular formula is C62H54O6. The lowest BCUT2D eigenvalue weighted by Crippen LogP contribution is -2.29. The summed E-state index contributed by atoms with van der Waals surface area (Å²) in [5.41, 5.74) is 9.56. The van der Waals surface area contributed by atoms with Crippen LogP contribution in [0, 0.1) is 0 Å². The Morgan fingerprint density at radius 2 is 0.235 bits per heavy atom. The summed E-state index contributed by atoms with van der Waals surface area (Å²) in [6, 6.07) is 70.0. The number of rotatable bonds is 12. The Hall–Kier alpha value is -8.22. The summed E-state index contributed by atoms with van der Waals surface area (Å²) in [7, 11) is 0. The third kappa shape index (κ3) is 7.88. The van der Waals surface area contributed by atoms with Crippen LogP contribution in [-0.2, 0) is 21.7 Å². The largest absolute Gasteiger partial charge is 0.508 e. The van der Waals surface area contributed by atoms with E-state index in [4.69, 9.17) is 0 Å². The van der Waals surface area contributed by atoms with Crippen molar-refractivity contribution in [3.8, 4) is 34.5 Å². The molecule has 0 aliphatic rings. The molecule has 0 amide bonds. The Balaban J connectivity index is 1.20. The normalized spacial score (nSPS) is 12.2. The van der Waals surface area contributed by atoms with Crippen LogP contribution in [0.4, 0.5) is 0 Å². The minimum Gasteiger partial charge on any atom is -0.508 e. The van der Waals surface area contributed by atoms with Crippen molar-refractivity contribution in [2.75, 3.05) is 0 Å². The molecule has 6 nitrogen and oxygen atoms in total. The van der Waals surface area contributed by atoms with Crippen LogP contribution in [0.15, 0.2) is 218 Å². The van der Waals surface area contributed by atoms with Gasteiger partial charge in [-0.15, -0.1) is 0 Å². The molecule has 0 unspecified atom stereocenters. The molecule has 6 N–H and O–H groups in total. The van der Waals surface area contributed by atoms with Crippen molar-refractivity contribution in [1.82, 2.24) is 0 Å². The van der Waals surface area contributed by atoms with Gasteiger partial charge in [-0.3, -0.25) is 0 Å². The lowest BCUT2D eigenvalue weighted by atomic mass is 9.66. The highest BCUT2D eigenvalue weighted by molar-refractivity contribution is 5.59. The first-order chi connectivity index (χ1) is 32.6. The molecule has 0 aromatic heterocycles. The van der Waals surface area contributed by atoms with E-state index >= 15 is 0 Å². The van der Waals surface area contributed by atoms with Crippen LogP contribution in [0.5, 0.6) is 34.5 Å². The van der Waals surface area contributed by atoms with Gasteiger partial charge in [-0.1, -0.05) is 146 Å². The Bertz CT molecular complexity index is 2660. The van der Waals surface area contributed by atoms with Crippen molar-refractivity contribution in [2.45, 2.75) is 49.4 Å². The van der Waals surface area contributed by atoms with Gasteiger partial charge >= 0.3 is 0 Å². The number of benzene rings is 9. The maximum absolute atomic E-state index is 10.3. The van der Waals surface area contributed by atoms with Crippen LogP contribution in [0.3, 0.4) is 0 Å². The van der Waals surface area contributed by atoms with Gasteiger partial charge in [0.1, 0.15) is 34.5 Å². The number of hydrogen-bond acceptors (Lipinski definition) is 6. The van der Waals surface area contributed by atoms with Gasteiger partial charge in [0.2, 0.25) is 0 Å². The van der Waals surface area contributed by atoms with Crippen molar-refractivity contribution in [2.24, 2.45) is 0 Å². The SMILES string of the molecule is CC(c1ccc(O)cc1)(c1ccc(O)cc1)c1ccc(C(C)(c2ccc(C(C)(c3ccc(O)cc3)c3ccc(O)cc3)cc2)c2ccc(C(C)(c3ccc(O)cc3)c3ccc(O)cc3)cc2)cc1. The quantitative estimate of drug-likeness (QED) is 0.0680. The van der Waals surface area contributed by atoms with Crippen molar-refractivity contribution in [3.05, 3.63) is 285 Å². The van der Waals surface area contributed by atoms with Gasteiger partial charge < -0.3 is 30.6 Å². The molecule has 0 saturated heterocycles. The maximum atomic E-state index is 10.3. The fourth-order valence-electron chi connectivity index (χ4n) is 10.2. The molecule has 0 fully saturated rings. The summed E-state index contributed by atoms with van der Waals surface area (Å²) in [4.78, 5) is 0. The fraction of sp³-hybridized carbons (Fsp3) is 0.129. The number of hydrogen-bond donors (Lipinski definition) is 6. The zero-order valence-corrected chi connectivity index (χ0v) is 38.5.